The van der Waals surface area contributed by atoms with Crippen LogP contribution in [0, 0.1) is 5.92 Å². The Labute approximate surface area is 175 Å². The van der Waals surface area contributed by atoms with Gasteiger partial charge in [-0.2, -0.15) is 4.31 Å². The van der Waals surface area contributed by atoms with Crippen LogP contribution in [0.1, 0.15) is 51.9 Å². The van der Waals surface area contributed by atoms with Gasteiger partial charge in [0.1, 0.15) is 0 Å². The number of carbonyl (C=O) groups is 1. The van der Waals surface area contributed by atoms with Crippen LogP contribution in [0.25, 0.3) is 0 Å². The third-order valence-electron chi connectivity index (χ3n) is 6.35. The molecule has 2 fully saturated rings. The molecule has 29 heavy (non-hydrogen) atoms. The summed E-state index contributed by atoms with van der Waals surface area (Å²) >= 11 is 0. The van der Waals surface area contributed by atoms with Gasteiger partial charge in [0.2, 0.25) is 15.9 Å². The molecule has 1 aromatic rings. The van der Waals surface area contributed by atoms with Gasteiger partial charge in [-0.15, -0.1) is 0 Å². The fourth-order valence-corrected chi connectivity index (χ4v) is 6.05. The molecule has 2 heterocycles. The maximum Gasteiger partial charge on any atom is 0.243 e. The van der Waals surface area contributed by atoms with Crippen molar-refractivity contribution in [1.29, 1.82) is 0 Å². The molecule has 0 saturated carbocycles. The summed E-state index contributed by atoms with van der Waals surface area (Å²) in [6.45, 7) is 6.00. The molecule has 0 aliphatic carbocycles. The molecule has 1 N–H and O–H groups in total. The van der Waals surface area contributed by atoms with Crippen molar-refractivity contribution >= 4 is 15.9 Å². The number of carbonyl (C=O) groups excluding carboxylic acids is 1. The van der Waals surface area contributed by atoms with E-state index in [2.05, 4.69) is 17.1 Å². The highest BCUT2D eigenvalue weighted by atomic mass is 32.2. The summed E-state index contributed by atoms with van der Waals surface area (Å²) < 4.78 is 26.9. The van der Waals surface area contributed by atoms with E-state index in [9.17, 15) is 13.2 Å². The summed E-state index contributed by atoms with van der Waals surface area (Å²) in [7, 11) is -3.46. The molecule has 2 aliphatic rings. The smallest absolute Gasteiger partial charge is 0.243 e. The Bertz CT molecular complexity index is 746. The van der Waals surface area contributed by atoms with E-state index >= 15 is 0 Å². The van der Waals surface area contributed by atoms with Gasteiger partial charge in [0.25, 0.3) is 0 Å². The van der Waals surface area contributed by atoms with Crippen molar-refractivity contribution in [3.05, 3.63) is 30.3 Å². The van der Waals surface area contributed by atoms with Crippen molar-refractivity contribution in [2.75, 3.05) is 32.7 Å². The molecule has 2 saturated heterocycles. The Hall–Kier alpha value is -1.44. The first-order valence-electron chi connectivity index (χ1n) is 11.1. The first-order valence-corrected chi connectivity index (χ1v) is 12.5. The Morgan fingerprint density at radius 1 is 1.07 bits per heavy atom. The highest BCUT2D eigenvalue weighted by Gasteiger charge is 2.31. The average molecular weight is 422 g/mol. The SMILES string of the molecule is CC[C@H]1CCCCN1CCCNC(=O)C1CCN(S(=O)(=O)c2ccccc2)CC1. The van der Waals surface area contributed by atoms with Crippen molar-refractivity contribution in [1.82, 2.24) is 14.5 Å². The van der Waals surface area contributed by atoms with Gasteiger partial charge in [-0.1, -0.05) is 31.5 Å². The topological polar surface area (TPSA) is 69.7 Å². The van der Waals surface area contributed by atoms with Gasteiger partial charge in [-0.3, -0.25) is 4.79 Å². The molecule has 1 atom stereocenters. The molecule has 0 spiro atoms. The van der Waals surface area contributed by atoms with E-state index in [1.54, 1.807) is 24.3 Å². The lowest BCUT2D eigenvalue weighted by molar-refractivity contribution is -0.126. The molecule has 2 aliphatic heterocycles. The summed E-state index contributed by atoms with van der Waals surface area (Å²) in [6, 6.07) is 9.23. The number of benzene rings is 1. The minimum atomic E-state index is -3.46. The normalized spacial score (nSPS) is 22.4. The fourth-order valence-electron chi connectivity index (χ4n) is 4.55. The van der Waals surface area contributed by atoms with Crippen molar-refractivity contribution < 1.29 is 13.2 Å². The van der Waals surface area contributed by atoms with Crippen molar-refractivity contribution in [2.24, 2.45) is 5.92 Å². The first kappa shape index (κ1) is 22.2. The summed E-state index contributed by atoms with van der Waals surface area (Å²) in [5, 5.41) is 3.08. The van der Waals surface area contributed by atoms with Gasteiger partial charge in [0.05, 0.1) is 4.90 Å². The zero-order valence-corrected chi connectivity index (χ0v) is 18.4. The number of piperidine rings is 2. The third-order valence-corrected chi connectivity index (χ3v) is 8.26. The summed E-state index contributed by atoms with van der Waals surface area (Å²) in [4.78, 5) is 15.4. The third kappa shape index (κ3) is 5.80. The quantitative estimate of drug-likeness (QED) is 0.656. The van der Waals surface area contributed by atoms with Crippen molar-refractivity contribution in [3.8, 4) is 0 Å². The average Bonchev–Trinajstić information content (AvgIpc) is 2.77. The Morgan fingerprint density at radius 2 is 1.79 bits per heavy atom. The zero-order chi connectivity index (χ0) is 20.7. The van der Waals surface area contributed by atoms with Crippen LogP contribution in [0.3, 0.4) is 0 Å². The molecule has 0 aromatic heterocycles. The molecular weight excluding hydrogens is 386 g/mol. The number of hydrogen-bond acceptors (Lipinski definition) is 4. The molecule has 0 radical (unpaired) electrons. The van der Waals surface area contributed by atoms with Gasteiger partial charge in [-0.25, -0.2) is 8.42 Å². The maximum absolute atomic E-state index is 12.7. The molecule has 1 aromatic carbocycles. The second-order valence-corrected chi connectivity index (χ2v) is 10.2. The van der Waals surface area contributed by atoms with Gasteiger partial charge in [0.15, 0.2) is 0 Å². The number of nitrogens with zero attached hydrogens (tertiary/aromatic N) is 2. The predicted molar refractivity (Wildman–Crippen MR) is 115 cm³/mol. The number of nitrogens with one attached hydrogen (secondary N) is 1. The lowest BCUT2D eigenvalue weighted by Crippen LogP contribution is -2.44. The van der Waals surface area contributed by atoms with Crippen LogP contribution in [0.2, 0.25) is 0 Å². The van der Waals surface area contributed by atoms with Crippen LogP contribution in [0.5, 0.6) is 0 Å². The van der Waals surface area contributed by atoms with E-state index in [1.807, 2.05) is 6.07 Å². The molecule has 162 valence electrons. The number of likely N-dealkylation sites (tertiary alicyclic amines) is 1. The van der Waals surface area contributed by atoms with Crippen LogP contribution < -0.4 is 5.32 Å². The number of hydrogen-bond donors (Lipinski definition) is 1. The van der Waals surface area contributed by atoms with Crippen LogP contribution in [-0.4, -0.2) is 62.3 Å². The van der Waals surface area contributed by atoms with Crippen LogP contribution in [-0.2, 0) is 14.8 Å². The molecule has 0 unspecified atom stereocenters. The second-order valence-electron chi connectivity index (χ2n) is 8.23. The summed E-state index contributed by atoms with van der Waals surface area (Å²) in [5.41, 5.74) is 0. The highest BCUT2D eigenvalue weighted by molar-refractivity contribution is 7.89. The van der Waals surface area contributed by atoms with Gasteiger partial charge >= 0.3 is 0 Å². The highest BCUT2D eigenvalue weighted by Crippen LogP contribution is 2.24. The molecule has 7 heteroatoms. The molecule has 0 bridgehead atoms. The van der Waals surface area contributed by atoms with Gasteiger partial charge in [0, 0.05) is 38.1 Å². The largest absolute Gasteiger partial charge is 0.356 e. The zero-order valence-electron chi connectivity index (χ0n) is 17.6. The maximum atomic E-state index is 12.7. The van der Waals surface area contributed by atoms with E-state index in [4.69, 9.17) is 0 Å². The lowest BCUT2D eigenvalue weighted by atomic mass is 9.97. The molecule has 3 rings (SSSR count). The lowest BCUT2D eigenvalue weighted by Gasteiger charge is -2.35. The van der Waals surface area contributed by atoms with E-state index in [-0.39, 0.29) is 11.8 Å². The van der Waals surface area contributed by atoms with Crippen molar-refractivity contribution in [2.45, 2.75) is 62.8 Å². The molecule has 1 amide bonds. The monoisotopic (exact) mass is 421 g/mol. The molecule has 6 nitrogen and oxygen atoms in total. The number of amides is 1. The summed E-state index contributed by atoms with van der Waals surface area (Å²) in [6.07, 6.45) is 7.27. The number of sulfonamides is 1. The standard InChI is InChI=1S/C22H35N3O3S/c1-2-20-9-6-7-15-24(20)16-8-14-23-22(26)19-12-17-25(18-13-19)29(27,28)21-10-4-3-5-11-21/h3-5,10-11,19-20H,2,6-9,12-18H2,1H3,(H,23,26)/t20-/m0/s1. The van der Waals surface area contributed by atoms with Crippen LogP contribution >= 0.6 is 0 Å². The van der Waals surface area contributed by atoms with E-state index in [0.717, 1.165) is 13.0 Å². The fraction of sp³-hybridized carbons (Fsp3) is 0.682. The first-order chi connectivity index (χ1) is 14.0. The second kappa shape index (κ2) is 10.5. The Balaban J connectivity index is 1.39. The van der Waals surface area contributed by atoms with Crippen LogP contribution in [0.4, 0.5) is 0 Å². The van der Waals surface area contributed by atoms with Gasteiger partial charge < -0.3 is 10.2 Å². The van der Waals surface area contributed by atoms with Crippen LogP contribution in [0.15, 0.2) is 35.2 Å². The van der Waals surface area contributed by atoms with E-state index in [1.165, 1.54) is 36.5 Å². The van der Waals surface area contributed by atoms with Gasteiger partial charge in [-0.05, 0) is 57.2 Å². The van der Waals surface area contributed by atoms with E-state index < -0.39 is 10.0 Å². The minimum Gasteiger partial charge on any atom is -0.356 e. The number of rotatable bonds is 8. The minimum absolute atomic E-state index is 0.0763. The Kier molecular flexibility index (Phi) is 8.09. The van der Waals surface area contributed by atoms with Crippen molar-refractivity contribution in [3.63, 3.8) is 0 Å². The molecular formula is C22H35N3O3S. The van der Waals surface area contributed by atoms with E-state index in [0.29, 0.717) is 43.4 Å². The predicted octanol–water partition coefficient (Wildman–Crippen LogP) is 2.86. The Morgan fingerprint density at radius 3 is 2.48 bits per heavy atom. The summed E-state index contributed by atoms with van der Waals surface area (Å²) in [5.74, 6) is -0.0111.